The summed E-state index contributed by atoms with van der Waals surface area (Å²) in [7, 11) is 1.97. The summed E-state index contributed by atoms with van der Waals surface area (Å²) in [6.07, 6.45) is 10.9. The molecular weight excluding hydrogens is 370 g/mol. The number of fused-ring (bicyclic) bond motifs is 1. The van der Waals surface area contributed by atoms with E-state index >= 15 is 0 Å². The third kappa shape index (κ3) is 2.89. The zero-order valence-electron chi connectivity index (χ0n) is 16.2. The lowest BCUT2D eigenvalue weighted by Crippen LogP contribution is -2.47. The van der Waals surface area contributed by atoms with E-state index in [1.165, 1.54) is 4.70 Å². The van der Waals surface area contributed by atoms with Gasteiger partial charge in [-0.25, -0.2) is 9.97 Å². The minimum atomic E-state index is -0.0106. The number of hydrogen-bond donors (Lipinski definition) is 0. The molecular formula is C21H25N5OS. The van der Waals surface area contributed by atoms with E-state index in [4.69, 9.17) is 0 Å². The molecule has 2 aliphatic heterocycles. The standard InChI is InChI=1S/C21H25N5OS/c1-24-11-4-16(14-24)20(27)26-10-3-7-21(26)6-2-9-25(12-8-21)19-18-17(5-13-28-18)22-15-23-19/h4-5,11,13-15H,2-3,6-10,12H2,1H3/t21-/m1/s1. The summed E-state index contributed by atoms with van der Waals surface area (Å²) in [5.41, 5.74) is 1.82. The van der Waals surface area contributed by atoms with Crippen molar-refractivity contribution in [2.75, 3.05) is 24.5 Å². The van der Waals surface area contributed by atoms with E-state index in [0.29, 0.717) is 0 Å². The molecule has 0 aliphatic carbocycles. The Morgan fingerprint density at radius 1 is 1.11 bits per heavy atom. The van der Waals surface area contributed by atoms with Gasteiger partial charge in [-0.05, 0) is 49.6 Å². The third-order valence-electron chi connectivity index (χ3n) is 6.36. The van der Waals surface area contributed by atoms with Gasteiger partial charge in [-0.1, -0.05) is 0 Å². The van der Waals surface area contributed by atoms with Gasteiger partial charge in [0.1, 0.15) is 12.1 Å². The van der Waals surface area contributed by atoms with Crippen LogP contribution in [0.5, 0.6) is 0 Å². The molecule has 3 aromatic rings. The number of hydrogen-bond acceptors (Lipinski definition) is 5. The molecule has 0 unspecified atom stereocenters. The molecule has 1 atom stereocenters. The van der Waals surface area contributed by atoms with Gasteiger partial charge in [0.15, 0.2) is 0 Å². The zero-order chi connectivity index (χ0) is 19.1. The van der Waals surface area contributed by atoms with Crippen molar-refractivity contribution >= 4 is 33.3 Å². The molecule has 6 nitrogen and oxygen atoms in total. The van der Waals surface area contributed by atoms with Crippen LogP contribution in [-0.2, 0) is 7.05 Å². The summed E-state index contributed by atoms with van der Waals surface area (Å²) in [5.74, 6) is 1.24. The average molecular weight is 396 g/mol. The highest BCUT2D eigenvalue weighted by Gasteiger charge is 2.44. The fourth-order valence-corrected chi connectivity index (χ4v) is 5.81. The van der Waals surface area contributed by atoms with E-state index in [-0.39, 0.29) is 11.4 Å². The van der Waals surface area contributed by atoms with Gasteiger partial charge in [-0.2, -0.15) is 0 Å². The number of anilines is 1. The Morgan fingerprint density at radius 2 is 1.96 bits per heavy atom. The second-order valence-corrected chi connectivity index (χ2v) is 8.94. The highest BCUT2D eigenvalue weighted by Crippen LogP contribution is 2.40. The minimum Gasteiger partial charge on any atom is -0.356 e. The largest absolute Gasteiger partial charge is 0.356 e. The minimum absolute atomic E-state index is 0.0106. The van der Waals surface area contributed by atoms with Crippen molar-refractivity contribution in [3.63, 3.8) is 0 Å². The number of thiophene rings is 1. The zero-order valence-corrected chi connectivity index (χ0v) is 17.0. The second kappa shape index (κ2) is 6.88. The Morgan fingerprint density at radius 3 is 2.79 bits per heavy atom. The maximum Gasteiger partial charge on any atom is 0.255 e. The van der Waals surface area contributed by atoms with E-state index in [0.717, 1.165) is 68.6 Å². The predicted octanol–water partition coefficient (Wildman–Crippen LogP) is 3.70. The lowest BCUT2D eigenvalue weighted by atomic mass is 9.87. The number of carbonyl (C=O) groups is 1. The Balaban J connectivity index is 1.40. The third-order valence-corrected chi connectivity index (χ3v) is 7.26. The lowest BCUT2D eigenvalue weighted by molar-refractivity contribution is 0.0566. The molecule has 1 spiro atoms. The van der Waals surface area contributed by atoms with Crippen LogP contribution in [0.2, 0.25) is 0 Å². The van der Waals surface area contributed by atoms with E-state index in [9.17, 15) is 4.79 Å². The first kappa shape index (κ1) is 17.7. The van der Waals surface area contributed by atoms with Gasteiger partial charge >= 0.3 is 0 Å². The molecule has 2 saturated heterocycles. The fourth-order valence-electron chi connectivity index (χ4n) is 4.95. The first-order chi connectivity index (χ1) is 13.7. The Bertz CT molecular complexity index is 1010. The molecule has 1 amide bonds. The monoisotopic (exact) mass is 395 g/mol. The molecule has 0 radical (unpaired) electrons. The van der Waals surface area contributed by atoms with Crippen molar-refractivity contribution in [3.8, 4) is 0 Å². The average Bonchev–Trinajstić information content (AvgIpc) is 3.40. The van der Waals surface area contributed by atoms with E-state index < -0.39 is 0 Å². The molecule has 28 heavy (non-hydrogen) atoms. The molecule has 5 heterocycles. The smallest absolute Gasteiger partial charge is 0.255 e. The molecule has 5 rings (SSSR count). The Kier molecular flexibility index (Phi) is 4.34. The summed E-state index contributed by atoms with van der Waals surface area (Å²) >= 11 is 1.71. The van der Waals surface area contributed by atoms with E-state index in [1.54, 1.807) is 17.7 Å². The topological polar surface area (TPSA) is 54.3 Å². The van der Waals surface area contributed by atoms with Crippen LogP contribution in [-0.4, -0.2) is 50.5 Å². The Hall–Kier alpha value is -2.41. The van der Waals surface area contributed by atoms with Crippen molar-refractivity contribution in [3.05, 3.63) is 41.8 Å². The van der Waals surface area contributed by atoms with Crippen LogP contribution in [0.15, 0.2) is 36.2 Å². The highest BCUT2D eigenvalue weighted by atomic mass is 32.1. The van der Waals surface area contributed by atoms with Gasteiger partial charge in [-0.3, -0.25) is 4.79 Å². The van der Waals surface area contributed by atoms with Crippen LogP contribution in [0.25, 0.3) is 10.2 Å². The van der Waals surface area contributed by atoms with Crippen molar-refractivity contribution in [2.45, 2.75) is 37.6 Å². The summed E-state index contributed by atoms with van der Waals surface area (Å²) in [6.45, 7) is 2.79. The Labute approximate surface area is 168 Å². The van der Waals surface area contributed by atoms with Crippen LogP contribution in [0.3, 0.4) is 0 Å². The van der Waals surface area contributed by atoms with Crippen molar-refractivity contribution in [1.29, 1.82) is 0 Å². The molecule has 0 saturated carbocycles. The maximum atomic E-state index is 13.2. The number of aryl methyl sites for hydroxylation is 1. The van der Waals surface area contributed by atoms with Gasteiger partial charge in [-0.15, -0.1) is 11.3 Å². The summed E-state index contributed by atoms with van der Waals surface area (Å²) in [6, 6.07) is 3.99. The molecule has 0 aromatic carbocycles. The number of likely N-dealkylation sites (tertiary alicyclic amines) is 1. The molecule has 2 aliphatic rings. The number of aromatic nitrogens is 3. The van der Waals surface area contributed by atoms with Crippen LogP contribution >= 0.6 is 11.3 Å². The maximum absolute atomic E-state index is 13.2. The quantitative estimate of drug-likeness (QED) is 0.664. The van der Waals surface area contributed by atoms with Gasteiger partial charge in [0.05, 0.1) is 15.8 Å². The summed E-state index contributed by atoms with van der Waals surface area (Å²) in [4.78, 5) is 26.8. The van der Waals surface area contributed by atoms with Gasteiger partial charge in [0.2, 0.25) is 0 Å². The summed E-state index contributed by atoms with van der Waals surface area (Å²) in [5, 5.41) is 2.08. The van der Waals surface area contributed by atoms with Crippen molar-refractivity contribution < 1.29 is 4.79 Å². The lowest BCUT2D eigenvalue weighted by Gasteiger charge is -2.38. The highest BCUT2D eigenvalue weighted by molar-refractivity contribution is 7.17. The van der Waals surface area contributed by atoms with Gasteiger partial charge in [0.25, 0.3) is 5.91 Å². The van der Waals surface area contributed by atoms with Crippen LogP contribution in [0.4, 0.5) is 5.82 Å². The van der Waals surface area contributed by atoms with Crippen LogP contribution in [0.1, 0.15) is 42.5 Å². The molecule has 0 bridgehead atoms. The number of rotatable bonds is 2. The van der Waals surface area contributed by atoms with Gasteiger partial charge in [0, 0.05) is 44.6 Å². The van der Waals surface area contributed by atoms with Crippen LogP contribution in [0, 0.1) is 0 Å². The molecule has 7 heteroatoms. The normalized spacial score (nSPS) is 22.9. The number of nitrogens with zero attached hydrogens (tertiary/aromatic N) is 5. The summed E-state index contributed by atoms with van der Waals surface area (Å²) < 4.78 is 3.12. The number of amides is 1. The molecule has 146 valence electrons. The molecule has 0 N–H and O–H groups in total. The molecule has 3 aromatic heterocycles. The van der Waals surface area contributed by atoms with E-state index in [2.05, 4.69) is 31.2 Å². The van der Waals surface area contributed by atoms with Gasteiger partial charge < -0.3 is 14.4 Å². The first-order valence-electron chi connectivity index (χ1n) is 10.0. The van der Waals surface area contributed by atoms with Crippen molar-refractivity contribution in [2.24, 2.45) is 7.05 Å². The molecule has 2 fully saturated rings. The number of carbonyl (C=O) groups excluding carboxylic acids is 1. The first-order valence-corrected chi connectivity index (χ1v) is 10.9. The second-order valence-electron chi connectivity index (χ2n) is 8.02. The predicted molar refractivity (Wildman–Crippen MR) is 112 cm³/mol. The van der Waals surface area contributed by atoms with E-state index in [1.807, 2.05) is 30.1 Å². The van der Waals surface area contributed by atoms with Crippen molar-refractivity contribution in [1.82, 2.24) is 19.4 Å². The SMILES string of the molecule is Cn1ccc(C(=O)N2CCC[C@@]23CCCN(c2ncnc4ccsc24)CC3)c1. The van der Waals surface area contributed by atoms with Crippen LogP contribution < -0.4 is 4.90 Å². The fraction of sp³-hybridized carbons (Fsp3) is 0.476.